The van der Waals surface area contributed by atoms with Crippen LogP contribution in [0, 0.1) is 0 Å². The van der Waals surface area contributed by atoms with Crippen molar-refractivity contribution in [2.45, 2.75) is 19.7 Å². The summed E-state index contributed by atoms with van der Waals surface area (Å²) in [6.45, 7) is 1.87. The van der Waals surface area contributed by atoms with Gasteiger partial charge in [0, 0.05) is 0 Å². The highest BCUT2D eigenvalue weighted by atomic mass is 79.9. The number of rotatable bonds is 4. The van der Waals surface area contributed by atoms with E-state index in [4.69, 9.17) is 4.74 Å². The SMILES string of the molecule is CCOC(=O)Cc1cccc(OC(F)(F)F)c1Br. The topological polar surface area (TPSA) is 35.5 Å². The lowest BCUT2D eigenvalue weighted by atomic mass is 10.1. The minimum Gasteiger partial charge on any atom is -0.466 e. The molecule has 18 heavy (non-hydrogen) atoms. The standard InChI is InChI=1S/C11H10BrF3O3/c1-2-17-9(16)6-7-4-3-5-8(10(7)12)18-11(13,14)15/h3-5H,2,6H2,1H3. The molecular formula is C11H10BrF3O3. The van der Waals surface area contributed by atoms with Crippen LogP contribution in [0.2, 0.25) is 0 Å². The number of carbonyl (C=O) groups is 1. The molecular weight excluding hydrogens is 317 g/mol. The quantitative estimate of drug-likeness (QED) is 0.795. The van der Waals surface area contributed by atoms with Gasteiger partial charge in [-0.3, -0.25) is 4.79 Å². The van der Waals surface area contributed by atoms with E-state index in [0.29, 0.717) is 5.56 Å². The lowest BCUT2D eigenvalue weighted by Crippen LogP contribution is -2.18. The zero-order valence-electron chi connectivity index (χ0n) is 9.38. The molecule has 0 aromatic heterocycles. The normalized spacial score (nSPS) is 11.2. The van der Waals surface area contributed by atoms with E-state index in [9.17, 15) is 18.0 Å². The number of benzene rings is 1. The third kappa shape index (κ3) is 4.56. The van der Waals surface area contributed by atoms with Crippen LogP contribution in [0.1, 0.15) is 12.5 Å². The molecule has 0 aliphatic heterocycles. The molecule has 0 N–H and O–H groups in total. The zero-order valence-corrected chi connectivity index (χ0v) is 11.0. The molecule has 0 bridgehead atoms. The highest BCUT2D eigenvalue weighted by Crippen LogP contribution is 2.33. The maximum atomic E-state index is 12.1. The third-order valence-electron chi connectivity index (χ3n) is 1.91. The van der Waals surface area contributed by atoms with Gasteiger partial charge in [0.05, 0.1) is 17.5 Å². The second-order valence-electron chi connectivity index (χ2n) is 3.26. The fourth-order valence-electron chi connectivity index (χ4n) is 1.26. The molecule has 0 aliphatic carbocycles. The second-order valence-corrected chi connectivity index (χ2v) is 4.05. The largest absolute Gasteiger partial charge is 0.573 e. The maximum Gasteiger partial charge on any atom is 0.573 e. The molecule has 0 spiro atoms. The summed E-state index contributed by atoms with van der Waals surface area (Å²) in [6, 6.07) is 4.05. The van der Waals surface area contributed by atoms with Crippen LogP contribution in [-0.2, 0) is 16.0 Å². The molecule has 1 aromatic rings. The monoisotopic (exact) mass is 326 g/mol. The van der Waals surface area contributed by atoms with Gasteiger partial charge in [-0.15, -0.1) is 13.2 Å². The first-order valence-electron chi connectivity index (χ1n) is 5.02. The Morgan fingerprint density at radius 3 is 2.61 bits per heavy atom. The fraction of sp³-hybridized carbons (Fsp3) is 0.364. The van der Waals surface area contributed by atoms with E-state index in [1.807, 2.05) is 0 Å². The number of halogens is 4. The molecule has 0 unspecified atom stereocenters. The molecule has 0 amide bonds. The summed E-state index contributed by atoms with van der Waals surface area (Å²) >= 11 is 2.98. The third-order valence-corrected chi connectivity index (χ3v) is 2.81. The molecule has 3 nitrogen and oxygen atoms in total. The lowest BCUT2D eigenvalue weighted by molar-refractivity contribution is -0.274. The van der Waals surface area contributed by atoms with Gasteiger partial charge in [0.1, 0.15) is 5.75 Å². The van der Waals surface area contributed by atoms with Gasteiger partial charge in [0.15, 0.2) is 0 Å². The van der Waals surface area contributed by atoms with E-state index >= 15 is 0 Å². The average Bonchev–Trinajstić information content (AvgIpc) is 2.22. The highest BCUT2D eigenvalue weighted by Gasteiger charge is 2.32. The van der Waals surface area contributed by atoms with E-state index in [1.54, 1.807) is 6.92 Å². The van der Waals surface area contributed by atoms with Crippen molar-refractivity contribution < 1.29 is 27.4 Å². The van der Waals surface area contributed by atoms with E-state index in [-0.39, 0.29) is 23.2 Å². The minimum absolute atomic E-state index is 0.0929. The number of ether oxygens (including phenoxy) is 2. The molecule has 0 heterocycles. The molecule has 7 heteroatoms. The lowest BCUT2D eigenvalue weighted by Gasteiger charge is -2.12. The summed E-state index contributed by atoms with van der Waals surface area (Å²) in [5.41, 5.74) is 0.371. The highest BCUT2D eigenvalue weighted by molar-refractivity contribution is 9.10. The van der Waals surface area contributed by atoms with Gasteiger partial charge in [0.2, 0.25) is 0 Å². The van der Waals surface area contributed by atoms with E-state index in [1.165, 1.54) is 12.1 Å². The fourth-order valence-corrected chi connectivity index (χ4v) is 1.75. The van der Waals surface area contributed by atoms with E-state index in [0.717, 1.165) is 6.07 Å². The van der Waals surface area contributed by atoms with Gasteiger partial charge in [-0.2, -0.15) is 0 Å². The first-order valence-corrected chi connectivity index (χ1v) is 5.81. The maximum absolute atomic E-state index is 12.1. The molecule has 100 valence electrons. The molecule has 1 rings (SSSR count). The second kappa shape index (κ2) is 6.08. The van der Waals surface area contributed by atoms with Crippen LogP contribution in [0.5, 0.6) is 5.75 Å². The van der Waals surface area contributed by atoms with Crippen LogP contribution in [0.4, 0.5) is 13.2 Å². The average molecular weight is 327 g/mol. The van der Waals surface area contributed by atoms with Gasteiger partial charge in [-0.1, -0.05) is 12.1 Å². The number of hydrogen-bond acceptors (Lipinski definition) is 3. The van der Waals surface area contributed by atoms with E-state index in [2.05, 4.69) is 20.7 Å². The van der Waals surface area contributed by atoms with Crippen LogP contribution < -0.4 is 4.74 Å². The Balaban J connectivity index is 2.88. The number of alkyl halides is 3. The Kier molecular flexibility index (Phi) is 5.01. The van der Waals surface area contributed by atoms with Gasteiger partial charge < -0.3 is 9.47 Å². The predicted octanol–water partition coefficient (Wildman–Crippen LogP) is 3.45. The van der Waals surface area contributed by atoms with Crippen molar-refractivity contribution in [1.29, 1.82) is 0 Å². The van der Waals surface area contributed by atoms with Gasteiger partial charge in [0.25, 0.3) is 0 Å². The summed E-state index contributed by atoms with van der Waals surface area (Å²) < 4.78 is 44.9. The Bertz CT molecular complexity index is 432. The van der Waals surface area contributed by atoms with Crippen molar-refractivity contribution in [3.05, 3.63) is 28.2 Å². The molecule has 0 saturated carbocycles. The summed E-state index contributed by atoms with van der Waals surface area (Å²) in [7, 11) is 0. The van der Waals surface area contributed by atoms with Crippen molar-refractivity contribution >= 4 is 21.9 Å². The zero-order chi connectivity index (χ0) is 13.8. The number of carbonyl (C=O) groups excluding carboxylic acids is 1. The molecule has 0 radical (unpaired) electrons. The van der Waals surface area contributed by atoms with Crippen LogP contribution in [-0.4, -0.2) is 18.9 Å². The molecule has 0 saturated heterocycles. The Morgan fingerprint density at radius 2 is 2.06 bits per heavy atom. The summed E-state index contributed by atoms with van der Waals surface area (Å²) in [5.74, 6) is -0.897. The van der Waals surface area contributed by atoms with Crippen molar-refractivity contribution in [3.8, 4) is 5.75 Å². The Labute approximate surface area is 110 Å². The Morgan fingerprint density at radius 1 is 1.39 bits per heavy atom. The van der Waals surface area contributed by atoms with Crippen molar-refractivity contribution in [2.75, 3.05) is 6.61 Å². The van der Waals surface area contributed by atoms with Gasteiger partial charge in [-0.05, 0) is 34.5 Å². The van der Waals surface area contributed by atoms with Crippen molar-refractivity contribution in [2.24, 2.45) is 0 Å². The predicted molar refractivity (Wildman–Crippen MR) is 61.2 cm³/mol. The summed E-state index contributed by atoms with van der Waals surface area (Å²) in [4.78, 5) is 11.3. The first-order chi connectivity index (χ1) is 8.33. The van der Waals surface area contributed by atoms with Crippen molar-refractivity contribution in [1.82, 2.24) is 0 Å². The molecule has 0 fully saturated rings. The van der Waals surface area contributed by atoms with Crippen LogP contribution in [0.15, 0.2) is 22.7 Å². The number of esters is 1. The van der Waals surface area contributed by atoms with Crippen LogP contribution >= 0.6 is 15.9 Å². The summed E-state index contributed by atoms with van der Waals surface area (Å²) in [6.07, 6.45) is -4.89. The Hall–Kier alpha value is -1.24. The van der Waals surface area contributed by atoms with Crippen LogP contribution in [0.3, 0.4) is 0 Å². The smallest absolute Gasteiger partial charge is 0.466 e. The molecule has 1 aromatic carbocycles. The van der Waals surface area contributed by atoms with Crippen LogP contribution in [0.25, 0.3) is 0 Å². The summed E-state index contributed by atoms with van der Waals surface area (Å²) in [5, 5.41) is 0. The first kappa shape index (κ1) is 14.8. The van der Waals surface area contributed by atoms with Crippen molar-refractivity contribution in [3.63, 3.8) is 0 Å². The minimum atomic E-state index is -4.77. The van der Waals surface area contributed by atoms with E-state index < -0.39 is 12.3 Å². The molecule has 0 aliphatic rings. The van der Waals surface area contributed by atoms with Gasteiger partial charge in [-0.25, -0.2) is 0 Å². The van der Waals surface area contributed by atoms with Gasteiger partial charge >= 0.3 is 12.3 Å². The number of hydrogen-bond donors (Lipinski definition) is 0. The molecule has 0 atom stereocenters.